The SMILES string of the molecule is Cc1ccccc1CCc1cc(NC(=O)[C@H]2CCc3[nH]ncc3C2)n[nH]1. The summed E-state index contributed by atoms with van der Waals surface area (Å²) in [5.74, 6) is 0.619. The summed E-state index contributed by atoms with van der Waals surface area (Å²) in [5.41, 5.74) is 5.98. The summed E-state index contributed by atoms with van der Waals surface area (Å²) < 4.78 is 0. The minimum atomic E-state index is -0.0211. The fraction of sp³-hybridized carbons (Fsp3) is 0.350. The van der Waals surface area contributed by atoms with Crippen molar-refractivity contribution in [3.63, 3.8) is 0 Å². The van der Waals surface area contributed by atoms with Gasteiger partial charge in [-0.1, -0.05) is 24.3 Å². The molecule has 0 radical (unpaired) electrons. The number of carbonyl (C=O) groups is 1. The Balaban J connectivity index is 1.33. The normalized spacial score (nSPS) is 16.3. The molecule has 0 bridgehead atoms. The lowest BCUT2D eigenvalue weighted by molar-refractivity contribution is -0.120. The number of fused-ring (bicyclic) bond motifs is 1. The number of H-pyrrole nitrogens is 2. The summed E-state index contributed by atoms with van der Waals surface area (Å²) in [5, 5.41) is 17.3. The van der Waals surface area contributed by atoms with Gasteiger partial charge in [0.05, 0.1) is 6.20 Å². The van der Waals surface area contributed by atoms with Crippen LogP contribution >= 0.6 is 0 Å². The number of amides is 1. The lowest BCUT2D eigenvalue weighted by Crippen LogP contribution is -2.28. The Morgan fingerprint density at radius 2 is 2.15 bits per heavy atom. The van der Waals surface area contributed by atoms with Gasteiger partial charge in [-0.15, -0.1) is 0 Å². The molecule has 3 N–H and O–H groups in total. The van der Waals surface area contributed by atoms with E-state index < -0.39 is 0 Å². The molecule has 0 saturated heterocycles. The van der Waals surface area contributed by atoms with Crippen molar-refractivity contribution in [1.82, 2.24) is 20.4 Å². The number of aryl methyl sites for hydroxylation is 4. The van der Waals surface area contributed by atoms with Crippen molar-refractivity contribution < 1.29 is 4.79 Å². The smallest absolute Gasteiger partial charge is 0.229 e. The third kappa shape index (κ3) is 3.54. The van der Waals surface area contributed by atoms with E-state index in [-0.39, 0.29) is 11.8 Å². The number of hydrogen-bond donors (Lipinski definition) is 3. The first-order chi connectivity index (χ1) is 12.7. The number of nitrogens with zero attached hydrogens (tertiary/aromatic N) is 2. The van der Waals surface area contributed by atoms with E-state index in [1.165, 1.54) is 11.1 Å². The molecule has 1 aliphatic rings. The molecule has 3 aromatic rings. The molecule has 6 heteroatoms. The van der Waals surface area contributed by atoms with Crippen LogP contribution in [0.15, 0.2) is 36.5 Å². The second kappa shape index (κ2) is 7.15. The second-order valence-corrected chi connectivity index (χ2v) is 7.01. The van der Waals surface area contributed by atoms with Gasteiger partial charge in [-0.3, -0.25) is 15.0 Å². The Kier molecular flexibility index (Phi) is 4.56. The highest BCUT2D eigenvalue weighted by atomic mass is 16.1. The van der Waals surface area contributed by atoms with Gasteiger partial charge in [-0.05, 0) is 55.7 Å². The minimum Gasteiger partial charge on any atom is -0.309 e. The zero-order valence-corrected chi connectivity index (χ0v) is 14.9. The van der Waals surface area contributed by atoms with Crippen LogP contribution in [0.3, 0.4) is 0 Å². The second-order valence-electron chi connectivity index (χ2n) is 7.01. The van der Waals surface area contributed by atoms with Gasteiger partial charge in [0.1, 0.15) is 0 Å². The van der Waals surface area contributed by atoms with Gasteiger partial charge in [0.2, 0.25) is 5.91 Å². The van der Waals surface area contributed by atoms with Crippen LogP contribution < -0.4 is 5.32 Å². The van der Waals surface area contributed by atoms with E-state index in [2.05, 4.69) is 56.9 Å². The number of aromatic nitrogens is 4. The Labute approximate surface area is 152 Å². The molecule has 134 valence electrons. The first-order valence-electron chi connectivity index (χ1n) is 9.10. The quantitative estimate of drug-likeness (QED) is 0.662. The zero-order valence-electron chi connectivity index (χ0n) is 14.9. The summed E-state index contributed by atoms with van der Waals surface area (Å²) >= 11 is 0. The fourth-order valence-electron chi connectivity index (χ4n) is 3.58. The van der Waals surface area contributed by atoms with Crippen LogP contribution in [0.25, 0.3) is 0 Å². The molecular formula is C20H23N5O. The molecule has 1 atom stereocenters. The molecule has 0 saturated carbocycles. The molecule has 4 rings (SSSR count). The van der Waals surface area contributed by atoms with Gasteiger partial charge in [-0.25, -0.2) is 0 Å². The first-order valence-corrected chi connectivity index (χ1v) is 9.10. The Morgan fingerprint density at radius 3 is 3.04 bits per heavy atom. The van der Waals surface area contributed by atoms with Gasteiger partial charge in [0.15, 0.2) is 5.82 Å². The number of benzene rings is 1. The van der Waals surface area contributed by atoms with Crippen LogP contribution in [-0.2, 0) is 30.5 Å². The summed E-state index contributed by atoms with van der Waals surface area (Å²) in [4.78, 5) is 12.5. The van der Waals surface area contributed by atoms with Crippen LogP contribution in [0.2, 0.25) is 0 Å². The van der Waals surface area contributed by atoms with Gasteiger partial charge in [0, 0.05) is 23.4 Å². The summed E-state index contributed by atoms with van der Waals surface area (Å²) in [6.07, 6.45) is 6.10. The van der Waals surface area contributed by atoms with Crippen LogP contribution in [0.1, 0.15) is 34.5 Å². The molecule has 0 aliphatic heterocycles. The molecule has 1 aliphatic carbocycles. The van der Waals surface area contributed by atoms with E-state index in [1.54, 1.807) is 0 Å². The number of rotatable bonds is 5. The highest BCUT2D eigenvalue weighted by Crippen LogP contribution is 2.24. The van der Waals surface area contributed by atoms with Crippen molar-refractivity contribution in [1.29, 1.82) is 0 Å². The molecular weight excluding hydrogens is 326 g/mol. The maximum absolute atomic E-state index is 12.5. The van der Waals surface area contributed by atoms with Crippen LogP contribution in [0.4, 0.5) is 5.82 Å². The fourth-order valence-corrected chi connectivity index (χ4v) is 3.58. The predicted molar refractivity (Wildman–Crippen MR) is 99.9 cm³/mol. The topological polar surface area (TPSA) is 86.5 Å². The van der Waals surface area contributed by atoms with Gasteiger partial charge in [-0.2, -0.15) is 10.2 Å². The number of anilines is 1. The number of hydrogen-bond acceptors (Lipinski definition) is 3. The van der Waals surface area contributed by atoms with E-state index in [0.717, 1.165) is 49.1 Å². The zero-order chi connectivity index (χ0) is 17.9. The van der Waals surface area contributed by atoms with E-state index >= 15 is 0 Å². The molecule has 2 aromatic heterocycles. The van der Waals surface area contributed by atoms with Crippen molar-refractivity contribution in [2.75, 3.05) is 5.32 Å². The highest BCUT2D eigenvalue weighted by molar-refractivity contribution is 5.92. The number of nitrogens with one attached hydrogen (secondary N) is 3. The third-order valence-corrected chi connectivity index (χ3v) is 5.19. The van der Waals surface area contributed by atoms with Crippen molar-refractivity contribution in [2.45, 2.75) is 39.0 Å². The van der Waals surface area contributed by atoms with Crippen LogP contribution in [0.5, 0.6) is 0 Å². The summed E-state index contributed by atoms with van der Waals surface area (Å²) in [7, 11) is 0. The molecule has 0 unspecified atom stereocenters. The third-order valence-electron chi connectivity index (χ3n) is 5.19. The van der Waals surface area contributed by atoms with Crippen LogP contribution in [0, 0.1) is 12.8 Å². The predicted octanol–water partition coefficient (Wildman–Crippen LogP) is 2.97. The molecule has 26 heavy (non-hydrogen) atoms. The average molecular weight is 349 g/mol. The average Bonchev–Trinajstić information content (AvgIpc) is 3.29. The maximum atomic E-state index is 12.5. The van der Waals surface area contributed by atoms with Gasteiger partial charge >= 0.3 is 0 Å². The highest BCUT2D eigenvalue weighted by Gasteiger charge is 2.26. The van der Waals surface area contributed by atoms with E-state index in [9.17, 15) is 4.79 Å². The molecule has 1 aromatic carbocycles. The number of carbonyl (C=O) groups excluding carboxylic acids is 1. The summed E-state index contributed by atoms with van der Waals surface area (Å²) in [6, 6.07) is 10.3. The lowest BCUT2D eigenvalue weighted by atomic mass is 9.87. The molecule has 1 amide bonds. The van der Waals surface area contributed by atoms with Crippen molar-refractivity contribution in [3.05, 3.63) is 64.6 Å². The van der Waals surface area contributed by atoms with Crippen molar-refractivity contribution in [2.24, 2.45) is 5.92 Å². The Morgan fingerprint density at radius 1 is 1.27 bits per heavy atom. The van der Waals surface area contributed by atoms with Gasteiger partial charge < -0.3 is 5.32 Å². The maximum Gasteiger partial charge on any atom is 0.229 e. The minimum absolute atomic E-state index is 0.0211. The first kappa shape index (κ1) is 16.6. The standard InChI is InChI=1S/C20H23N5O/c1-13-4-2-3-5-14(13)6-8-17-11-19(25-23-17)22-20(26)15-7-9-18-16(10-15)12-21-24-18/h2-5,11-12,15H,6-10H2,1H3,(H,21,24)(H2,22,23,25,26)/t15-/m0/s1. The Bertz CT molecular complexity index is 910. The van der Waals surface area contributed by atoms with Crippen LogP contribution in [-0.4, -0.2) is 26.3 Å². The van der Waals surface area contributed by atoms with E-state index in [0.29, 0.717) is 5.82 Å². The molecule has 0 fully saturated rings. The van der Waals surface area contributed by atoms with Gasteiger partial charge in [0.25, 0.3) is 0 Å². The molecule has 0 spiro atoms. The summed E-state index contributed by atoms with van der Waals surface area (Å²) in [6.45, 7) is 2.13. The van der Waals surface area contributed by atoms with E-state index in [4.69, 9.17) is 0 Å². The largest absolute Gasteiger partial charge is 0.309 e. The van der Waals surface area contributed by atoms with E-state index in [1.807, 2.05) is 12.3 Å². The number of aromatic amines is 2. The monoisotopic (exact) mass is 349 g/mol. The van der Waals surface area contributed by atoms with Crippen molar-refractivity contribution in [3.8, 4) is 0 Å². The molecule has 2 heterocycles. The molecule has 6 nitrogen and oxygen atoms in total. The lowest BCUT2D eigenvalue weighted by Gasteiger charge is -2.20. The Hall–Kier alpha value is -2.89. The van der Waals surface area contributed by atoms with Crippen molar-refractivity contribution >= 4 is 11.7 Å².